The van der Waals surface area contributed by atoms with Crippen LogP contribution in [-0.2, 0) is 0 Å². The highest BCUT2D eigenvalue weighted by Gasteiger charge is 2.12. The van der Waals surface area contributed by atoms with Gasteiger partial charge < -0.3 is 10.8 Å². The molecule has 1 aromatic rings. The minimum atomic E-state index is -0.585. The largest absolute Gasteiger partial charge is 0.394 e. The molecule has 3 N–H and O–H groups in total. The third-order valence-corrected chi connectivity index (χ3v) is 3.08. The summed E-state index contributed by atoms with van der Waals surface area (Å²) in [5, 5.41) is 9.13. The fourth-order valence-electron chi connectivity index (χ4n) is 1.09. The Hall–Kier alpha value is -0.290. The van der Waals surface area contributed by atoms with Crippen molar-refractivity contribution in [3.05, 3.63) is 28.5 Å². The van der Waals surface area contributed by atoms with Crippen LogP contribution < -0.4 is 5.73 Å². The zero-order valence-corrected chi connectivity index (χ0v) is 9.20. The number of hydrogen-bond acceptors (Lipinski definition) is 3. The predicted octanol–water partition coefficient (Wildman–Crippen LogP) is 2.19. The Labute approximate surface area is 91.3 Å². The van der Waals surface area contributed by atoms with Crippen LogP contribution in [0, 0.1) is 5.82 Å². The predicted molar refractivity (Wildman–Crippen MR) is 57.2 cm³/mol. The van der Waals surface area contributed by atoms with Gasteiger partial charge in [-0.15, -0.1) is 11.8 Å². The molecule has 0 fully saturated rings. The van der Waals surface area contributed by atoms with Crippen molar-refractivity contribution in [1.29, 1.82) is 0 Å². The van der Waals surface area contributed by atoms with Crippen LogP contribution in [0.5, 0.6) is 0 Å². The molecule has 5 heteroatoms. The summed E-state index contributed by atoms with van der Waals surface area (Å²) >= 11 is 7.08. The van der Waals surface area contributed by atoms with E-state index in [4.69, 9.17) is 22.4 Å². The summed E-state index contributed by atoms with van der Waals surface area (Å²) in [7, 11) is 0. The molecule has 1 rings (SSSR count). The van der Waals surface area contributed by atoms with Crippen molar-refractivity contribution in [2.24, 2.45) is 5.73 Å². The lowest BCUT2D eigenvalue weighted by Crippen LogP contribution is -2.14. The fraction of sp³-hybridized carbons (Fsp3) is 0.333. The Bertz CT molecular complexity index is 312. The third kappa shape index (κ3) is 2.39. The van der Waals surface area contributed by atoms with Gasteiger partial charge in [0.2, 0.25) is 0 Å². The molecule has 0 amide bonds. The Morgan fingerprint density at radius 3 is 2.71 bits per heavy atom. The maximum atomic E-state index is 13.4. The molecule has 2 nitrogen and oxygen atoms in total. The van der Waals surface area contributed by atoms with Crippen LogP contribution in [0.2, 0.25) is 5.02 Å². The minimum absolute atomic E-state index is 0.228. The molecule has 0 aromatic heterocycles. The number of nitrogens with two attached hydrogens (primary N) is 1. The Kier molecular flexibility index (Phi) is 4.19. The molecule has 0 spiro atoms. The van der Waals surface area contributed by atoms with Crippen LogP contribution in [0.4, 0.5) is 4.39 Å². The first-order valence-corrected chi connectivity index (χ1v) is 5.59. The molecule has 0 aliphatic rings. The second-order valence-electron chi connectivity index (χ2n) is 2.81. The molecule has 1 atom stereocenters. The first-order valence-electron chi connectivity index (χ1n) is 3.99. The highest BCUT2D eigenvalue weighted by Crippen LogP contribution is 2.30. The smallest absolute Gasteiger partial charge is 0.138 e. The average molecular weight is 236 g/mol. The third-order valence-electron chi connectivity index (χ3n) is 1.85. The lowest BCUT2D eigenvalue weighted by molar-refractivity contribution is 0.267. The Morgan fingerprint density at radius 1 is 1.64 bits per heavy atom. The van der Waals surface area contributed by atoms with E-state index >= 15 is 0 Å². The van der Waals surface area contributed by atoms with Crippen molar-refractivity contribution >= 4 is 23.4 Å². The van der Waals surface area contributed by atoms with Gasteiger partial charge >= 0.3 is 0 Å². The van der Waals surface area contributed by atoms with Gasteiger partial charge in [-0.05, 0) is 24.0 Å². The first-order chi connectivity index (χ1) is 6.60. The number of thioether (sulfide) groups is 1. The number of hydrogen-bond donors (Lipinski definition) is 2. The SMILES string of the molecule is CSc1c(F)cc(C(N)CO)cc1Cl. The van der Waals surface area contributed by atoms with Gasteiger partial charge in [-0.25, -0.2) is 4.39 Å². The number of rotatable bonds is 3. The monoisotopic (exact) mass is 235 g/mol. The summed E-state index contributed by atoms with van der Waals surface area (Å²) in [6.45, 7) is -0.228. The van der Waals surface area contributed by atoms with Crippen molar-refractivity contribution in [3.8, 4) is 0 Å². The molecule has 0 heterocycles. The minimum Gasteiger partial charge on any atom is -0.394 e. The number of halogens is 2. The second-order valence-corrected chi connectivity index (χ2v) is 4.03. The quantitative estimate of drug-likeness (QED) is 0.790. The van der Waals surface area contributed by atoms with E-state index < -0.39 is 11.9 Å². The van der Waals surface area contributed by atoms with Crippen LogP contribution >= 0.6 is 23.4 Å². The molecule has 0 radical (unpaired) electrons. The molecule has 1 aromatic carbocycles. The van der Waals surface area contributed by atoms with Crippen LogP contribution in [0.25, 0.3) is 0 Å². The maximum absolute atomic E-state index is 13.4. The molecule has 0 saturated carbocycles. The van der Waals surface area contributed by atoms with E-state index in [1.807, 2.05) is 0 Å². The summed E-state index contributed by atoms with van der Waals surface area (Å²) in [5.41, 5.74) is 6.05. The van der Waals surface area contributed by atoms with Gasteiger partial charge in [0.1, 0.15) is 5.82 Å². The summed E-state index contributed by atoms with van der Waals surface area (Å²) in [6, 6.07) is 2.30. The molecule has 0 aliphatic heterocycles. The van der Waals surface area contributed by atoms with Crippen LogP contribution in [-0.4, -0.2) is 18.0 Å². The van der Waals surface area contributed by atoms with E-state index in [2.05, 4.69) is 0 Å². The van der Waals surface area contributed by atoms with Gasteiger partial charge in [0, 0.05) is 0 Å². The average Bonchev–Trinajstić information content (AvgIpc) is 2.16. The summed E-state index contributed by atoms with van der Waals surface area (Å²) in [5.74, 6) is -0.399. The second kappa shape index (κ2) is 4.98. The highest BCUT2D eigenvalue weighted by molar-refractivity contribution is 7.98. The lowest BCUT2D eigenvalue weighted by Gasteiger charge is -2.11. The zero-order valence-electron chi connectivity index (χ0n) is 7.63. The van der Waals surface area contributed by atoms with Crippen LogP contribution in [0.3, 0.4) is 0 Å². The zero-order chi connectivity index (χ0) is 10.7. The van der Waals surface area contributed by atoms with Crippen LogP contribution in [0.15, 0.2) is 17.0 Å². The topological polar surface area (TPSA) is 46.2 Å². The van der Waals surface area contributed by atoms with Gasteiger partial charge in [0.15, 0.2) is 0 Å². The molecule has 0 saturated heterocycles. The standard InChI is InChI=1S/C9H11ClFNOS/c1-14-9-6(10)2-5(3-7(9)11)8(12)4-13/h2-3,8,13H,4,12H2,1H3. The van der Waals surface area contributed by atoms with Gasteiger partial charge in [0.25, 0.3) is 0 Å². The van der Waals surface area contributed by atoms with Gasteiger partial charge in [-0.1, -0.05) is 11.6 Å². The number of aliphatic hydroxyl groups is 1. The fourth-order valence-corrected chi connectivity index (χ4v) is 2.05. The van der Waals surface area contributed by atoms with Crippen molar-refractivity contribution < 1.29 is 9.50 Å². The summed E-state index contributed by atoms with van der Waals surface area (Å²) in [4.78, 5) is 0.403. The lowest BCUT2D eigenvalue weighted by atomic mass is 10.1. The van der Waals surface area contributed by atoms with Crippen molar-refractivity contribution in [3.63, 3.8) is 0 Å². The summed E-state index contributed by atoms with van der Waals surface area (Å²) < 4.78 is 13.4. The van der Waals surface area contributed by atoms with Crippen molar-refractivity contribution in [1.82, 2.24) is 0 Å². The Morgan fingerprint density at radius 2 is 2.29 bits per heavy atom. The molecule has 78 valence electrons. The molecule has 14 heavy (non-hydrogen) atoms. The van der Waals surface area contributed by atoms with Crippen molar-refractivity contribution in [2.75, 3.05) is 12.9 Å². The molecule has 0 bridgehead atoms. The molecular formula is C9H11ClFNOS. The number of benzene rings is 1. The van der Waals surface area contributed by atoms with E-state index in [0.29, 0.717) is 15.5 Å². The van der Waals surface area contributed by atoms with Crippen LogP contribution in [0.1, 0.15) is 11.6 Å². The van der Waals surface area contributed by atoms with Gasteiger partial charge in [-0.3, -0.25) is 0 Å². The molecular weight excluding hydrogens is 225 g/mol. The van der Waals surface area contributed by atoms with E-state index in [1.54, 1.807) is 12.3 Å². The van der Waals surface area contributed by atoms with Gasteiger partial charge in [0.05, 0.1) is 22.6 Å². The number of aliphatic hydroxyl groups excluding tert-OH is 1. The molecule has 1 unspecified atom stereocenters. The summed E-state index contributed by atoms with van der Waals surface area (Å²) in [6.07, 6.45) is 1.75. The first kappa shape index (κ1) is 11.8. The maximum Gasteiger partial charge on any atom is 0.138 e. The Balaban J connectivity index is 3.13. The van der Waals surface area contributed by atoms with E-state index in [1.165, 1.54) is 17.8 Å². The van der Waals surface area contributed by atoms with Gasteiger partial charge in [-0.2, -0.15) is 0 Å². The highest BCUT2D eigenvalue weighted by atomic mass is 35.5. The molecule has 0 aliphatic carbocycles. The van der Waals surface area contributed by atoms with E-state index in [9.17, 15) is 4.39 Å². The van der Waals surface area contributed by atoms with Crippen molar-refractivity contribution in [2.45, 2.75) is 10.9 Å². The van der Waals surface area contributed by atoms with E-state index in [0.717, 1.165) is 0 Å². The normalized spacial score (nSPS) is 12.9. The van der Waals surface area contributed by atoms with E-state index in [-0.39, 0.29) is 6.61 Å².